The van der Waals surface area contributed by atoms with E-state index in [0.29, 0.717) is 11.3 Å². The number of anilines is 1. The monoisotopic (exact) mass is 836 g/mol. The lowest BCUT2D eigenvalue weighted by atomic mass is 10.0. The molecule has 1 aromatic rings. The number of esters is 1. The highest BCUT2D eigenvalue weighted by molar-refractivity contribution is 6.00. The fourth-order valence-electron chi connectivity index (χ4n) is 5.19. The van der Waals surface area contributed by atoms with Crippen molar-refractivity contribution in [2.75, 3.05) is 11.9 Å². The standard InChI is InChI=1S/C37H56N8O14/c1-18(2)30(35(56)42-23(8-7-13-39-37(38)58)31(52)41-22-11-9-21(10-12-22)17-59-36(57)19(3)4)45-34(55)26(16-29(50)51)44-33(54)25(15-28(48)49)43-32(53)24(14-27(46)47)40-20(5)6/h9-12,18-20,23-26,30,40H,7-8,13-17H2,1-6H3,(H,41,52)(H,42,56)(H,43,53)(H,44,54)(H,45,55)(H,46,47)(H,48,49)(H,50,51)(H3,38,39,58)/t23-,24+,25+,26+,30-/m0/s1. The van der Waals surface area contributed by atoms with Crippen LogP contribution in [0.25, 0.3) is 0 Å². The normalized spacial score (nSPS) is 13.5. The molecule has 0 saturated carbocycles. The van der Waals surface area contributed by atoms with Gasteiger partial charge in [0.25, 0.3) is 0 Å². The molecule has 0 aliphatic carbocycles. The predicted octanol–water partition coefficient (Wildman–Crippen LogP) is -0.841. The maximum Gasteiger partial charge on any atom is 0.312 e. The Morgan fingerprint density at radius 1 is 0.627 bits per heavy atom. The van der Waals surface area contributed by atoms with Crippen molar-refractivity contribution in [1.82, 2.24) is 31.9 Å². The van der Waals surface area contributed by atoms with Crippen molar-refractivity contribution >= 4 is 65.1 Å². The van der Waals surface area contributed by atoms with Crippen LogP contribution in [0.1, 0.15) is 79.2 Å². The number of carboxylic acids is 3. The third-order valence-corrected chi connectivity index (χ3v) is 8.18. The number of carboxylic acid groups (broad SMARTS) is 3. The van der Waals surface area contributed by atoms with Crippen molar-refractivity contribution in [1.29, 1.82) is 0 Å². The van der Waals surface area contributed by atoms with Crippen LogP contribution in [-0.4, -0.2) is 118 Å². The number of amides is 7. The Bertz CT molecular complexity index is 1670. The lowest BCUT2D eigenvalue weighted by Crippen LogP contribution is -2.60. The van der Waals surface area contributed by atoms with Crippen LogP contribution >= 0.6 is 0 Å². The SMILES string of the molecule is CC(C)N[C@H](CC(=O)O)C(=O)N[C@H](CC(=O)O)C(=O)N[C@H](CC(=O)O)C(=O)N[C@H](C(=O)N[C@@H](CCCNC(N)=O)C(=O)Nc1ccc(COC(=O)C(C)C)cc1)C(C)C. The summed E-state index contributed by atoms with van der Waals surface area (Å²) in [7, 11) is 0. The molecule has 22 heteroatoms. The fourth-order valence-corrected chi connectivity index (χ4v) is 5.19. The number of hydrogen-bond donors (Lipinski definition) is 11. The number of primary amides is 1. The zero-order chi connectivity index (χ0) is 45.0. The average molecular weight is 837 g/mol. The lowest BCUT2D eigenvalue weighted by molar-refractivity contribution is -0.148. The van der Waals surface area contributed by atoms with Gasteiger partial charge in [-0.3, -0.25) is 43.2 Å². The summed E-state index contributed by atoms with van der Waals surface area (Å²) in [5, 5.41) is 45.1. The van der Waals surface area contributed by atoms with Crippen LogP contribution < -0.4 is 43.0 Å². The number of benzene rings is 1. The molecular weight excluding hydrogens is 780 g/mol. The lowest BCUT2D eigenvalue weighted by Gasteiger charge is -2.28. The molecule has 0 unspecified atom stereocenters. The molecule has 0 aliphatic rings. The molecule has 0 aromatic heterocycles. The minimum atomic E-state index is -1.92. The summed E-state index contributed by atoms with van der Waals surface area (Å²) in [5.74, 6) is -11.1. The van der Waals surface area contributed by atoms with Gasteiger partial charge in [0, 0.05) is 18.3 Å². The van der Waals surface area contributed by atoms with Crippen LogP contribution in [0.2, 0.25) is 0 Å². The quantitative estimate of drug-likeness (QED) is 0.0400. The first-order valence-electron chi connectivity index (χ1n) is 18.7. The van der Waals surface area contributed by atoms with Gasteiger partial charge in [-0.25, -0.2) is 4.79 Å². The zero-order valence-electron chi connectivity index (χ0n) is 33.8. The smallest absolute Gasteiger partial charge is 0.312 e. The molecule has 0 aliphatic heterocycles. The van der Waals surface area contributed by atoms with Crippen LogP contribution in [0.5, 0.6) is 0 Å². The molecule has 0 fully saturated rings. The van der Waals surface area contributed by atoms with Gasteiger partial charge in [0.15, 0.2) is 0 Å². The minimum absolute atomic E-state index is 0.000746. The molecule has 0 spiro atoms. The van der Waals surface area contributed by atoms with Gasteiger partial charge in [0.05, 0.1) is 31.2 Å². The summed E-state index contributed by atoms with van der Waals surface area (Å²) in [6.45, 7) is 9.70. The molecule has 5 atom stereocenters. The average Bonchev–Trinajstić information content (AvgIpc) is 3.12. The van der Waals surface area contributed by atoms with Crippen LogP contribution in [0.3, 0.4) is 0 Å². The maximum absolute atomic E-state index is 13.7. The van der Waals surface area contributed by atoms with Crippen LogP contribution in [0.4, 0.5) is 10.5 Å². The molecule has 1 aromatic carbocycles. The van der Waals surface area contributed by atoms with Gasteiger partial charge in [0.1, 0.15) is 30.8 Å². The van der Waals surface area contributed by atoms with Gasteiger partial charge >= 0.3 is 29.9 Å². The number of carbonyl (C=O) groups excluding carboxylic acids is 7. The van der Waals surface area contributed by atoms with Crippen molar-refractivity contribution in [3.8, 4) is 0 Å². The fraction of sp³-hybridized carbons (Fsp3) is 0.568. The number of hydrogen-bond acceptors (Lipinski definition) is 12. The second kappa shape index (κ2) is 25.1. The van der Waals surface area contributed by atoms with Crippen molar-refractivity contribution in [2.24, 2.45) is 17.6 Å². The van der Waals surface area contributed by atoms with E-state index >= 15 is 0 Å². The Labute approximate surface area is 340 Å². The van der Waals surface area contributed by atoms with Crippen LogP contribution in [0, 0.1) is 11.8 Å². The minimum Gasteiger partial charge on any atom is -0.481 e. The highest BCUT2D eigenvalue weighted by Gasteiger charge is 2.35. The second-order valence-corrected chi connectivity index (χ2v) is 14.5. The number of aliphatic carboxylic acids is 3. The number of urea groups is 1. The van der Waals surface area contributed by atoms with Crippen LogP contribution in [0.15, 0.2) is 24.3 Å². The second-order valence-electron chi connectivity index (χ2n) is 14.5. The number of ether oxygens (including phenoxy) is 1. The van der Waals surface area contributed by atoms with Crippen molar-refractivity contribution in [2.45, 2.75) is 117 Å². The number of carbonyl (C=O) groups is 10. The van der Waals surface area contributed by atoms with Crippen LogP contribution in [-0.2, 0) is 54.5 Å². The van der Waals surface area contributed by atoms with E-state index in [2.05, 4.69) is 37.2 Å². The van der Waals surface area contributed by atoms with Gasteiger partial charge in [-0.2, -0.15) is 0 Å². The Morgan fingerprint density at radius 2 is 1.10 bits per heavy atom. The third-order valence-electron chi connectivity index (χ3n) is 8.18. The Morgan fingerprint density at radius 3 is 1.56 bits per heavy atom. The van der Waals surface area contributed by atoms with E-state index in [-0.39, 0.29) is 37.9 Å². The first-order valence-corrected chi connectivity index (χ1v) is 18.7. The first kappa shape index (κ1) is 50.7. The molecule has 0 heterocycles. The first-order chi connectivity index (χ1) is 27.5. The van der Waals surface area contributed by atoms with Gasteiger partial charge in [-0.1, -0.05) is 53.7 Å². The molecular formula is C37H56N8O14. The summed E-state index contributed by atoms with van der Waals surface area (Å²) in [6, 6.07) is -2.79. The van der Waals surface area contributed by atoms with E-state index in [1.165, 1.54) is 13.8 Å². The Kier molecular flexibility index (Phi) is 21.6. The summed E-state index contributed by atoms with van der Waals surface area (Å²) >= 11 is 0. The van der Waals surface area contributed by atoms with Gasteiger partial charge in [-0.05, 0) is 36.5 Å². The summed E-state index contributed by atoms with van der Waals surface area (Å²) in [4.78, 5) is 125. The van der Waals surface area contributed by atoms with Gasteiger partial charge < -0.3 is 63.0 Å². The largest absolute Gasteiger partial charge is 0.481 e. The number of nitrogens with two attached hydrogens (primary N) is 1. The predicted molar refractivity (Wildman–Crippen MR) is 208 cm³/mol. The molecule has 0 radical (unpaired) electrons. The summed E-state index contributed by atoms with van der Waals surface area (Å²) < 4.78 is 5.20. The van der Waals surface area contributed by atoms with E-state index in [1.54, 1.807) is 52.0 Å². The van der Waals surface area contributed by atoms with E-state index in [4.69, 9.17) is 10.5 Å². The van der Waals surface area contributed by atoms with E-state index in [0.717, 1.165) is 0 Å². The maximum atomic E-state index is 13.7. The molecule has 328 valence electrons. The Balaban J connectivity index is 3.26. The Hall–Kier alpha value is -6.32. The molecule has 12 N–H and O–H groups in total. The number of nitrogens with one attached hydrogen (secondary N) is 7. The molecule has 0 bridgehead atoms. The molecule has 59 heavy (non-hydrogen) atoms. The highest BCUT2D eigenvalue weighted by atomic mass is 16.5. The molecule has 0 saturated heterocycles. The molecule has 22 nitrogen and oxygen atoms in total. The highest BCUT2D eigenvalue weighted by Crippen LogP contribution is 2.14. The zero-order valence-corrected chi connectivity index (χ0v) is 33.8. The van der Waals surface area contributed by atoms with Crippen molar-refractivity contribution in [3.63, 3.8) is 0 Å². The topological polar surface area (TPSA) is 351 Å². The molecule has 1 rings (SSSR count). The summed E-state index contributed by atoms with van der Waals surface area (Å²) in [5.41, 5.74) is 6.08. The number of rotatable bonds is 26. The molecule has 7 amide bonds. The van der Waals surface area contributed by atoms with E-state index in [1.807, 2.05) is 0 Å². The van der Waals surface area contributed by atoms with Gasteiger partial charge in [-0.15, -0.1) is 0 Å². The van der Waals surface area contributed by atoms with E-state index < -0.39 is 115 Å². The summed E-state index contributed by atoms with van der Waals surface area (Å²) in [6.07, 6.45) is -2.69. The van der Waals surface area contributed by atoms with Crippen molar-refractivity contribution < 1.29 is 68.0 Å². The van der Waals surface area contributed by atoms with Crippen molar-refractivity contribution in [3.05, 3.63) is 29.8 Å². The van der Waals surface area contributed by atoms with Gasteiger partial charge in [0.2, 0.25) is 29.5 Å². The third kappa shape index (κ3) is 20.1. The van der Waals surface area contributed by atoms with E-state index in [9.17, 15) is 63.3 Å².